The molecule has 1 heterocycles. The smallest absolute Gasteiger partial charge is 0.250 e. The molecule has 0 saturated heterocycles. The van der Waals surface area contributed by atoms with Crippen molar-refractivity contribution in [2.75, 3.05) is 13.2 Å². The Morgan fingerprint density at radius 3 is 2.26 bits per heavy atom. The standard InChI is InChI=1S/C24H36ClNO3S2/c1-7-23(3,4)18-11-12-20(19(17-18)24(5,6)8-2)29-16-10-9-15-26-31(27,28)22-14-13-21(25)30-22/h11-14,17,26H,7-10,15-16H2,1-6H3. The highest BCUT2D eigenvalue weighted by molar-refractivity contribution is 7.91. The van der Waals surface area contributed by atoms with Gasteiger partial charge in [-0.15, -0.1) is 11.3 Å². The first-order valence-electron chi connectivity index (χ1n) is 11.0. The molecule has 0 radical (unpaired) electrons. The predicted octanol–water partition coefficient (Wildman–Crippen LogP) is 6.91. The van der Waals surface area contributed by atoms with E-state index in [1.165, 1.54) is 17.2 Å². The number of halogens is 1. The first-order chi connectivity index (χ1) is 14.4. The van der Waals surface area contributed by atoms with E-state index in [-0.39, 0.29) is 15.0 Å². The number of hydrogen-bond acceptors (Lipinski definition) is 4. The second-order valence-electron chi connectivity index (χ2n) is 9.20. The summed E-state index contributed by atoms with van der Waals surface area (Å²) in [6, 6.07) is 9.70. The van der Waals surface area contributed by atoms with E-state index in [0.29, 0.717) is 23.9 Å². The zero-order chi connectivity index (χ0) is 23.3. The van der Waals surface area contributed by atoms with Gasteiger partial charge in [-0.25, -0.2) is 13.1 Å². The predicted molar refractivity (Wildman–Crippen MR) is 132 cm³/mol. The van der Waals surface area contributed by atoms with Crippen LogP contribution >= 0.6 is 22.9 Å². The fraction of sp³-hybridized carbons (Fsp3) is 0.583. The molecule has 0 aliphatic rings. The van der Waals surface area contributed by atoms with Gasteiger partial charge >= 0.3 is 0 Å². The van der Waals surface area contributed by atoms with Gasteiger partial charge in [-0.3, -0.25) is 0 Å². The number of hydrogen-bond donors (Lipinski definition) is 1. The number of sulfonamides is 1. The van der Waals surface area contributed by atoms with Crippen molar-refractivity contribution in [2.45, 2.75) is 82.3 Å². The van der Waals surface area contributed by atoms with E-state index < -0.39 is 10.0 Å². The molecule has 0 unspecified atom stereocenters. The molecule has 0 amide bonds. The Bertz CT molecular complexity index is 965. The van der Waals surface area contributed by atoms with Crippen molar-refractivity contribution in [2.24, 2.45) is 0 Å². The molecule has 1 N–H and O–H groups in total. The maximum Gasteiger partial charge on any atom is 0.250 e. The van der Waals surface area contributed by atoms with E-state index in [1.807, 2.05) is 0 Å². The minimum Gasteiger partial charge on any atom is -0.493 e. The van der Waals surface area contributed by atoms with E-state index in [1.54, 1.807) is 6.07 Å². The molecule has 2 aromatic rings. The van der Waals surface area contributed by atoms with Crippen LogP contribution in [0.4, 0.5) is 0 Å². The lowest BCUT2D eigenvalue weighted by atomic mass is 9.76. The Kier molecular flexibility index (Phi) is 9.03. The molecule has 4 nitrogen and oxygen atoms in total. The van der Waals surface area contributed by atoms with Crippen LogP contribution < -0.4 is 9.46 Å². The Labute approximate surface area is 197 Å². The molecule has 7 heteroatoms. The van der Waals surface area contributed by atoms with Crippen LogP contribution in [-0.4, -0.2) is 21.6 Å². The van der Waals surface area contributed by atoms with Gasteiger partial charge in [0.2, 0.25) is 10.0 Å². The molecule has 0 aliphatic carbocycles. The van der Waals surface area contributed by atoms with Crippen molar-refractivity contribution in [1.82, 2.24) is 4.72 Å². The highest BCUT2D eigenvalue weighted by Crippen LogP contribution is 2.38. The summed E-state index contributed by atoms with van der Waals surface area (Å²) in [5.74, 6) is 0.927. The van der Waals surface area contributed by atoms with Crippen LogP contribution in [0.25, 0.3) is 0 Å². The summed E-state index contributed by atoms with van der Waals surface area (Å²) in [6.45, 7) is 14.4. The number of nitrogens with one attached hydrogen (secondary N) is 1. The third-order valence-electron chi connectivity index (χ3n) is 6.19. The molecule has 1 aromatic heterocycles. The first-order valence-corrected chi connectivity index (χ1v) is 13.6. The van der Waals surface area contributed by atoms with E-state index in [9.17, 15) is 8.42 Å². The van der Waals surface area contributed by atoms with Gasteiger partial charge in [-0.05, 0) is 60.3 Å². The normalized spacial score (nSPS) is 12.9. The Balaban J connectivity index is 1.95. The zero-order valence-electron chi connectivity index (χ0n) is 19.5. The number of rotatable bonds is 12. The number of unbranched alkanes of at least 4 members (excludes halogenated alkanes) is 1. The molecule has 0 fully saturated rings. The van der Waals surface area contributed by atoms with Gasteiger partial charge in [0.1, 0.15) is 9.96 Å². The van der Waals surface area contributed by atoms with E-state index in [4.69, 9.17) is 16.3 Å². The molecule has 31 heavy (non-hydrogen) atoms. The second kappa shape index (κ2) is 10.7. The molecule has 0 aliphatic heterocycles. The van der Waals surface area contributed by atoms with E-state index in [0.717, 1.165) is 36.3 Å². The number of thiophene rings is 1. The lowest BCUT2D eigenvalue weighted by Gasteiger charge is -2.30. The average Bonchev–Trinajstić information content (AvgIpc) is 3.17. The van der Waals surface area contributed by atoms with Gasteiger partial charge in [0.15, 0.2) is 0 Å². The lowest BCUT2D eigenvalue weighted by molar-refractivity contribution is 0.296. The van der Waals surface area contributed by atoms with E-state index in [2.05, 4.69) is 64.5 Å². The van der Waals surface area contributed by atoms with Crippen LogP contribution in [-0.2, 0) is 20.9 Å². The van der Waals surface area contributed by atoms with Crippen LogP contribution in [0.1, 0.15) is 78.4 Å². The summed E-state index contributed by atoms with van der Waals surface area (Å²) in [7, 11) is -3.49. The third-order valence-corrected chi connectivity index (χ3v) is 9.38. The fourth-order valence-corrected chi connectivity index (χ4v) is 5.73. The maximum atomic E-state index is 12.2. The van der Waals surface area contributed by atoms with Gasteiger partial charge in [0, 0.05) is 12.1 Å². The zero-order valence-corrected chi connectivity index (χ0v) is 21.9. The summed E-state index contributed by atoms with van der Waals surface area (Å²) < 4.78 is 34.0. The molecule has 0 saturated carbocycles. The van der Waals surface area contributed by atoms with E-state index >= 15 is 0 Å². The number of benzene rings is 1. The summed E-state index contributed by atoms with van der Waals surface area (Å²) in [5, 5.41) is 0. The van der Waals surface area contributed by atoms with Crippen LogP contribution in [0, 0.1) is 0 Å². The maximum absolute atomic E-state index is 12.2. The largest absolute Gasteiger partial charge is 0.493 e. The SMILES string of the molecule is CCC(C)(C)c1ccc(OCCCCNS(=O)(=O)c2ccc(Cl)s2)c(C(C)(C)CC)c1. The molecular weight excluding hydrogens is 450 g/mol. The Morgan fingerprint density at radius 1 is 1.00 bits per heavy atom. The molecule has 2 rings (SSSR count). The van der Waals surface area contributed by atoms with Crippen LogP contribution in [0.2, 0.25) is 4.34 Å². The minimum absolute atomic E-state index is 0.0206. The van der Waals surface area contributed by atoms with Crippen molar-refractivity contribution < 1.29 is 13.2 Å². The van der Waals surface area contributed by atoms with Crippen molar-refractivity contribution in [3.8, 4) is 5.75 Å². The second-order valence-corrected chi connectivity index (χ2v) is 12.9. The lowest BCUT2D eigenvalue weighted by Crippen LogP contribution is -2.24. The molecular formula is C24H36ClNO3S2. The van der Waals surface area contributed by atoms with Crippen molar-refractivity contribution in [3.63, 3.8) is 0 Å². The topological polar surface area (TPSA) is 55.4 Å². The third kappa shape index (κ3) is 6.95. The van der Waals surface area contributed by atoms with Gasteiger partial charge in [-0.1, -0.05) is 65.3 Å². The Morgan fingerprint density at radius 2 is 1.68 bits per heavy atom. The first kappa shape index (κ1) is 26.2. The van der Waals surface area contributed by atoms with Crippen LogP contribution in [0.5, 0.6) is 5.75 Å². The van der Waals surface area contributed by atoms with Gasteiger partial charge in [0.25, 0.3) is 0 Å². The summed E-state index contributed by atoms with van der Waals surface area (Å²) >= 11 is 6.90. The van der Waals surface area contributed by atoms with Crippen molar-refractivity contribution in [1.29, 1.82) is 0 Å². The monoisotopic (exact) mass is 485 g/mol. The quantitative estimate of drug-likeness (QED) is 0.332. The van der Waals surface area contributed by atoms with Gasteiger partial charge in [0.05, 0.1) is 10.9 Å². The molecule has 0 atom stereocenters. The average molecular weight is 486 g/mol. The van der Waals surface area contributed by atoms with Gasteiger partial charge < -0.3 is 4.74 Å². The van der Waals surface area contributed by atoms with Crippen molar-refractivity contribution >= 4 is 33.0 Å². The summed E-state index contributed by atoms with van der Waals surface area (Å²) in [6.07, 6.45) is 3.56. The fourth-order valence-electron chi connectivity index (χ4n) is 3.13. The van der Waals surface area contributed by atoms with Gasteiger partial charge in [-0.2, -0.15) is 0 Å². The minimum atomic E-state index is -3.49. The molecule has 0 bridgehead atoms. The molecule has 1 aromatic carbocycles. The van der Waals surface area contributed by atoms with Crippen molar-refractivity contribution in [3.05, 3.63) is 45.8 Å². The van der Waals surface area contributed by atoms with Crippen LogP contribution in [0.15, 0.2) is 34.5 Å². The summed E-state index contributed by atoms with van der Waals surface area (Å²) in [5.41, 5.74) is 2.72. The Hall–Kier alpha value is -1.08. The highest BCUT2D eigenvalue weighted by Gasteiger charge is 2.26. The van der Waals surface area contributed by atoms with Crippen LogP contribution in [0.3, 0.4) is 0 Å². The summed E-state index contributed by atoms with van der Waals surface area (Å²) in [4.78, 5) is 0. The highest BCUT2D eigenvalue weighted by atomic mass is 35.5. The number of ether oxygens (including phenoxy) is 1. The molecule has 174 valence electrons. The molecule has 0 spiro atoms.